The maximum absolute atomic E-state index is 13.8. The molecule has 1 aromatic carbocycles. The summed E-state index contributed by atoms with van der Waals surface area (Å²) in [5, 5.41) is 0. The molecule has 0 aliphatic rings. The van der Waals surface area contributed by atoms with Gasteiger partial charge in [0.05, 0.1) is 17.7 Å². The lowest BCUT2D eigenvalue weighted by molar-refractivity contribution is -0.140. The highest BCUT2D eigenvalue weighted by molar-refractivity contribution is 5.90. The van der Waals surface area contributed by atoms with Crippen LogP contribution in [0.5, 0.6) is 0 Å². The number of hydrogen-bond donors (Lipinski definition) is 0. The molecule has 1 rings (SSSR count). The van der Waals surface area contributed by atoms with Crippen molar-refractivity contribution in [3.8, 4) is 0 Å². The maximum atomic E-state index is 13.8. The number of benzene rings is 1. The number of rotatable bonds is 7. The van der Waals surface area contributed by atoms with E-state index in [0.717, 1.165) is 37.8 Å². The summed E-state index contributed by atoms with van der Waals surface area (Å²) in [5.74, 6) is -2.50. The van der Waals surface area contributed by atoms with Crippen molar-refractivity contribution >= 4 is 5.97 Å². The average Bonchev–Trinajstić information content (AvgIpc) is 2.46. The molecular formula is C16H20F4O2. The van der Waals surface area contributed by atoms with E-state index < -0.39 is 29.1 Å². The first-order valence-corrected chi connectivity index (χ1v) is 7.34. The largest absolute Gasteiger partial charge is 0.462 e. The number of unbranched alkanes of at least 4 members (excludes halogenated alkanes) is 1. The van der Waals surface area contributed by atoms with Gasteiger partial charge in [-0.15, -0.1) is 0 Å². The molecule has 0 heterocycles. The Balaban J connectivity index is 2.78. The summed E-state index contributed by atoms with van der Waals surface area (Å²) < 4.78 is 56.6. The van der Waals surface area contributed by atoms with Crippen LogP contribution < -0.4 is 0 Å². The van der Waals surface area contributed by atoms with E-state index in [1.54, 1.807) is 0 Å². The summed E-state index contributed by atoms with van der Waals surface area (Å²) in [7, 11) is 0. The predicted molar refractivity (Wildman–Crippen MR) is 75.0 cm³/mol. The molecular weight excluding hydrogens is 300 g/mol. The van der Waals surface area contributed by atoms with Crippen LogP contribution in [0.4, 0.5) is 17.6 Å². The molecule has 0 saturated carbocycles. The lowest BCUT2D eigenvalue weighted by atomic mass is 10.0. The van der Waals surface area contributed by atoms with Crippen molar-refractivity contribution in [2.45, 2.75) is 45.7 Å². The second-order valence-electron chi connectivity index (χ2n) is 5.18. The smallest absolute Gasteiger partial charge is 0.419 e. The molecule has 124 valence electrons. The van der Waals surface area contributed by atoms with Crippen LogP contribution in [-0.2, 0) is 10.9 Å². The van der Waals surface area contributed by atoms with Crippen LogP contribution in [0.3, 0.4) is 0 Å². The minimum absolute atomic E-state index is 0.0883. The molecule has 6 heteroatoms. The van der Waals surface area contributed by atoms with Gasteiger partial charge in [-0.05, 0) is 24.5 Å². The molecule has 0 aliphatic heterocycles. The van der Waals surface area contributed by atoms with Crippen molar-refractivity contribution in [3.63, 3.8) is 0 Å². The SMILES string of the molecule is CCCCC(CC)COC(=O)c1cccc(C(F)(F)F)c1F. The van der Waals surface area contributed by atoms with Gasteiger partial charge in [0.25, 0.3) is 0 Å². The minimum atomic E-state index is -4.84. The van der Waals surface area contributed by atoms with Gasteiger partial charge in [0.1, 0.15) is 5.82 Å². The Morgan fingerprint density at radius 2 is 1.95 bits per heavy atom. The van der Waals surface area contributed by atoms with Gasteiger partial charge < -0.3 is 4.74 Å². The first-order chi connectivity index (χ1) is 10.3. The third-order valence-corrected chi connectivity index (χ3v) is 3.52. The highest BCUT2D eigenvalue weighted by Crippen LogP contribution is 2.32. The Morgan fingerprint density at radius 1 is 1.27 bits per heavy atom. The second-order valence-corrected chi connectivity index (χ2v) is 5.18. The highest BCUT2D eigenvalue weighted by Gasteiger charge is 2.36. The van der Waals surface area contributed by atoms with Gasteiger partial charge in [-0.2, -0.15) is 13.2 Å². The number of esters is 1. The standard InChI is InChI=1S/C16H20F4O2/c1-3-5-7-11(4-2)10-22-15(21)12-8-6-9-13(14(12)17)16(18,19)20/h6,8-9,11H,3-5,7,10H2,1-2H3. The topological polar surface area (TPSA) is 26.3 Å². The van der Waals surface area contributed by atoms with Crippen LogP contribution in [0.2, 0.25) is 0 Å². The lowest BCUT2D eigenvalue weighted by Crippen LogP contribution is -2.17. The number of halogens is 4. The molecule has 0 aliphatic carbocycles. The Morgan fingerprint density at radius 3 is 2.50 bits per heavy atom. The van der Waals surface area contributed by atoms with Crippen molar-refractivity contribution in [2.24, 2.45) is 5.92 Å². The zero-order chi connectivity index (χ0) is 16.8. The van der Waals surface area contributed by atoms with Gasteiger partial charge in [-0.25, -0.2) is 9.18 Å². The highest BCUT2D eigenvalue weighted by atomic mass is 19.4. The molecule has 0 N–H and O–H groups in total. The van der Waals surface area contributed by atoms with Crippen molar-refractivity contribution < 1.29 is 27.1 Å². The van der Waals surface area contributed by atoms with Gasteiger partial charge in [0.2, 0.25) is 0 Å². The molecule has 22 heavy (non-hydrogen) atoms. The monoisotopic (exact) mass is 320 g/mol. The van der Waals surface area contributed by atoms with Crippen molar-refractivity contribution in [3.05, 3.63) is 35.1 Å². The molecule has 2 nitrogen and oxygen atoms in total. The fourth-order valence-corrected chi connectivity index (χ4v) is 2.08. The van der Waals surface area contributed by atoms with Gasteiger partial charge >= 0.3 is 12.1 Å². The van der Waals surface area contributed by atoms with Crippen LogP contribution in [0.1, 0.15) is 55.5 Å². The number of hydrogen-bond acceptors (Lipinski definition) is 2. The fourth-order valence-electron chi connectivity index (χ4n) is 2.08. The third kappa shape index (κ3) is 5.00. The van der Waals surface area contributed by atoms with Crippen LogP contribution in [0.25, 0.3) is 0 Å². The van der Waals surface area contributed by atoms with E-state index in [1.165, 1.54) is 0 Å². The van der Waals surface area contributed by atoms with Crippen LogP contribution in [0.15, 0.2) is 18.2 Å². The Hall–Kier alpha value is -1.59. The first-order valence-electron chi connectivity index (χ1n) is 7.34. The third-order valence-electron chi connectivity index (χ3n) is 3.52. The minimum Gasteiger partial charge on any atom is -0.462 e. The van der Waals surface area contributed by atoms with Gasteiger partial charge in [-0.3, -0.25) is 0 Å². The van der Waals surface area contributed by atoms with Crippen LogP contribution in [-0.4, -0.2) is 12.6 Å². The summed E-state index contributed by atoms with van der Waals surface area (Å²) >= 11 is 0. The van der Waals surface area contributed by atoms with Crippen molar-refractivity contribution in [1.29, 1.82) is 0 Å². The average molecular weight is 320 g/mol. The first kappa shape index (κ1) is 18.5. The molecule has 0 amide bonds. The van der Waals surface area contributed by atoms with Gasteiger partial charge in [0.15, 0.2) is 0 Å². The fraction of sp³-hybridized carbons (Fsp3) is 0.562. The molecule has 1 unspecified atom stereocenters. The van der Waals surface area contributed by atoms with Gasteiger partial charge in [0, 0.05) is 0 Å². The zero-order valence-corrected chi connectivity index (χ0v) is 12.7. The molecule has 1 aromatic rings. The van der Waals surface area contributed by atoms with Crippen LogP contribution in [0, 0.1) is 11.7 Å². The van der Waals surface area contributed by atoms with Gasteiger partial charge in [-0.1, -0.05) is 39.2 Å². The normalized spacial score (nSPS) is 13.0. The molecule has 0 saturated heterocycles. The summed E-state index contributed by atoms with van der Waals surface area (Å²) in [5.41, 5.74) is -2.14. The quantitative estimate of drug-likeness (QED) is 0.509. The summed E-state index contributed by atoms with van der Waals surface area (Å²) in [6, 6.07) is 2.60. The number of ether oxygens (including phenoxy) is 1. The molecule has 0 spiro atoms. The second kappa shape index (κ2) is 8.15. The molecule has 0 fully saturated rings. The van der Waals surface area contributed by atoms with Crippen molar-refractivity contribution in [1.82, 2.24) is 0 Å². The number of carbonyl (C=O) groups is 1. The predicted octanol–water partition coefficient (Wildman–Crippen LogP) is 5.22. The maximum Gasteiger partial charge on any atom is 0.419 e. The van der Waals surface area contributed by atoms with E-state index in [1.807, 2.05) is 13.8 Å². The Kier molecular flexibility index (Phi) is 6.84. The summed E-state index contributed by atoms with van der Waals surface area (Å²) in [6.45, 7) is 4.07. The Labute approximate surface area is 127 Å². The summed E-state index contributed by atoms with van der Waals surface area (Å²) in [4.78, 5) is 11.8. The van der Waals surface area contributed by atoms with E-state index in [-0.39, 0.29) is 12.5 Å². The molecule has 0 aromatic heterocycles. The number of alkyl halides is 3. The Bertz CT molecular complexity index is 497. The molecule has 0 radical (unpaired) electrons. The van der Waals surface area contributed by atoms with Crippen molar-refractivity contribution in [2.75, 3.05) is 6.61 Å². The lowest BCUT2D eigenvalue weighted by Gasteiger charge is -2.15. The van der Waals surface area contributed by atoms with E-state index in [0.29, 0.717) is 6.07 Å². The number of carbonyl (C=O) groups excluding carboxylic acids is 1. The zero-order valence-electron chi connectivity index (χ0n) is 12.7. The molecule has 1 atom stereocenters. The van der Waals surface area contributed by atoms with Crippen LogP contribution >= 0.6 is 0 Å². The van der Waals surface area contributed by atoms with E-state index in [9.17, 15) is 22.4 Å². The summed E-state index contributed by atoms with van der Waals surface area (Å²) in [6.07, 6.45) is -1.20. The van der Waals surface area contributed by atoms with E-state index in [2.05, 4.69) is 0 Å². The van der Waals surface area contributed by atoms with E-state index in [4.69, 9.17) is 4.74 Å². The molecule has 0 bridgehead atoms. The van der Waals surface area contributed by atoms with E-state index >= 15 is 0 Å².